The summed E-state index contributed by atoms with van der Waals surface area (Å²) in [4.78, 5) is 1.93. The summed E-state index contributed by atoms with van der Waals surface area (Å²) in [7, 11) is 3.27. The summed E-state index contributed by atoms with van der Waals surface area (Å²) in [5.74, 6) is 1.47. The molecule has 0 aliphatic carbocycles. The summed E-state index contributed by atoms with van der Waals surface area (Å²) >= 11 is 3.21. The third-order valence-electron chi connectivity index (χ3n) is 3.90. The molecule has 1 aromatic rings. The highest BCUT2D eigenvalue weighted by atomic mass is 32.2. The molecule has 0 aliphatic heterocycles. The minimum Gasteiger partial charge on any atom is -0.382 e. The number of hydrogen-bond donors (Lipinski definition) is 0. The van der Waals surface area contributed by atoms with Crippen LogP contribution in [0.2, 0.25) is 0 Å². The number of nitrogens with zero attached hydrogens (tertiary/aromatic N) is 2. The zero-order valence-electron chi connectivity index (χ0n) is 18.8. The second kappa shape index (κ2) is 20.3. The number of benzene rings is 1. The van der Waals surface area contributed by atoms with Crippen LogP contribution in [-0.4, -0.2) is 91.8 Å². The highest BCUT2D eigenvalue weighted by Gasteiger charge is 2.11. The Morgan fingerprint density at radius 3 is 1.28 bits per heavy atom. The molecule has 0 N–H and O–H groups in total. The van der Waals surface area contributed by atoms with Gasteiger partial charge in [0.05, 0.1) is 77.2 Å². The van der Waals surface area contributed by atoms with Gasteiger partial charge in [0.25, 0.3) is 0 Å². The molecule has 0 radical (unpaired) electrons. The third kappa shape index (κ3) is 13.3. The lowest BCUT2D eigenvalue weighted by Gasteiger charge is -2.11. The molecule has 10 heteroatoms. The van der Waals surface area contributed by atoms with Gasteiger partial charge in [-0.1, -0.05) is 0 Å². The van der Waals surface area contributed by atoms with Crippen LogP contribution < -0.4 is 0 Å². The molecule has 0 heterocycles. The van der Waals surface area contributed by atoms with Crippen LogP contribution in [0.5, 0.6) is 0 Å². The van der Waals surface area contributed by atoms with Crippen molar-refractivity contribution in [3.63, 3.8) is 0 Å². The number of hydrogen-bond acceptors (Lipinski definition) is 10. The largest absolute Gasteiger partial charge is 0.382 e. The Balaban J connectivity index is 2.41. The minimum absolute atomic E-state index is 0.385. The number of thioether (sulfide) groups is 2. The second-order valence-corrected chi connectivity index (χ2v) is 8.47. The summed E-state index contributed by atoms with van der Waals surface area (Å²) < 4.78 is 31.7. The van der Waals surface area contributed by atoms with Crippen LogP contribution in [0.4, 0.5) is 0 Å². The van der Waals surface area contributed by atoms with Crippen LogP contribution in [-0.2, 0) is 28.4 Å². The maximum atomic E-state index is 9.34. The highest BCUT2D eigenvalue weighted by molar-refractivity contribution is 8.02. The fraction of sp³-hybridized carbons (Fsp3) is 0.636. The Labute approximate surface area is 199 Å². The molecule has 0 saturated carbocycles. The van der Waals surface area contributed by atoms with E-state index in [1.165, 1.54) is 0 Å². The fourth-order valence-corrected chi connectivity index (χ4v) is 4.32. The Kier molecular flexibility index (Phi) is 18.2. The summed E-state index contributed by atoms with van der Waals surface area (Å²) in [6.45, 7) is 5.50. The maximum absolute atomic E-state index is 9.34. The molecule has 0 amide bonds. The summed E-state index contributed by atoms with van der Waals surface area (Å²) in [6.07, 6.45) is 0. The van der Waals surface area contributed by atoms with E-state index in [-0.39, 0.29) is 0 Å². The van der Waals surface area contributed by atoms with Gasteiger partial charge in [0.2, 0.25) is 0 Å². The normalized spacial score (nSPS) is 10.8. The van der Waals surface area contributed by atoms with Crippen molar-refractivity contribution in [1.82, 2.24) is 0 Å². The van der Waals surface area contributed by atoms with Gasteiger partial charge in [-0.05, 0) is 12.1 Å². The molecule has 0 aliphatic rings. The molecule has 1 aromatic carbocycles. The minimum atomic E-state index is 0.385. The van der Waals surface area contributed by atoms with Crippen LogP contribution in [0.1, 0.15) is 11.1 Å². The second-order valence-electron chi connectivity index (χ2n) is 6.20. The van der Waals surface area contributed by atoms with Gasteiger partial charge < -0.3 is 28.4 Å². The van der Waals surface area contributed by atoms with Crippen molar-refractivity contribution in [3.05, 3.63) is 23.3 Å². The van der Waals surface area contributed by atoms with Crippen molar-refractivity contribution in [2.45, 2.75) is 9.79 Å². The number of methoxy groups -OCH3 is 2. The van der Waals surface area contributed by atoms with E-state index in [0.717, 1.165) is 21.3 Å². The maximum Gasteiger partial charge on any atom is 0.101 e. The Hall–Kier alpha value is -1.34. The van der Waals surface area contributed by atoms with Gasteiger partial charge in [0.1, 0.15) is 12.1 Å². The van der Waals surface area contributed by atoms with E-state index < -0.39 is 0 Å². The molecule has 0 bridgehead atoms. The van der Waals surface area contributed by atoms with E-state index in [1.54, 1.807) is 49.9 Å². The van der Waals surface area contributed by atoms with Crippen molar-refractivity contribution >= 4 is 23.5 Å². The Morgan fingerprint density at radius 1 is 0.594 bits per heavy atom. The van der Waals surface area contributed by atoms with Gasteiger partial charge in [-0.3, -0.25) is 0 Å². The van der Waals surface area contributed by atoms with Crippen molar-refractivity contribution in [3.8, 4) is 12.1 Å². The molecule has 32 heavy (non-hydrogen) atoms. The van der Waals surface area contributed by atoms with Crippen molar-refractivity contribution in [2.75, 3.05) is 91.8 Å². The van der Waals surface area contributed by atoms with Crippen LogP contribution in [0, 0.1) is 22.7 Å². The first-order chi connectivity index (χ1) is 15.8. The van der Waals surface area contributed by atoms with E-state index in [4.69, 9.17) is 28.4 Å². The Morgan fingerprint density at radius 2 is 0.938 bits per heavy atom. The fourth-order valence-electron chi connectivity index (χ4n) is 2.32. The van der Waals surface area contributed by atoms with Crippen molar-refractivity contribution < 1.29 is 28.4 Å². The van der Waals surface area contributed by atoms with Crippen molar-refractivity contribution in [2.24, 2.45) is 0 Å². The predicted molar refractivity (Wildman–Crippen MR) is 124 cm³/mol. The lowest BCUT2D eigenvalue weighted by molar-refractivity contribution is 0.0286. The number of nitriles is 2. The lowest BCUT2D eigenvalue weighted by atomic mass is 10.1. The molecule has 178 valence electrons. The van der Waals surface area contributed by atoms with Gasteiger partial charge in [-0.15, -0.1) is 23.5 Å². The zero-order chi connectivity index (χ0) is 23.3. The molecule has 0 spiro atoms. The summed E-state index contributed by atoms with van der Waals surface area (Å²) in [6, 6.07) is 7.77. The molecule has 0 fully saturated rings. The van der Waals surface area contributed by atoms with Gasteiger partial charge in [0, 0.05) is 35.5 Å². The van der Waals surface area contributed by atoms with Crippen molar-refractivity contribution in [1.29, 1.82) is 10.5 Å². The molecule has 0 atom stereocenters. The smallest absolute Gasteiger partial charge is 0.101 e. The molecule has 0 unspecified atom stereocenters. The van der Waals surface area contributed by atoms with E-state index in [0.29, 0.717) is 77.2 Å². The average molecular weight is 485 g/mol. The molecule has 8 nitrogen and oxygen atoms in total. The number of ether oxygens (including phenoxy) is 6. The van der Waals surface area contributed by atoms with E-state index in [1.807, 2.05) is 0 Å². The third-order valence-corrected chi connectivity index (χ3v) is 6.07. The van der Waals surface area contributed by atoms with Crippen LogP contribution in [0.25, 0.3) is 0 Å². The SMILES string of the molecule is COCCOCCOCCSc1cc(C#N)c(C#N)cc1SCCOCCOCCOC. The number of rotatable bonds is 20. The van der Waals surface area contributed by atoms with E-state index in [2.05, 4.69) is 12.1 Å². The van der Waals surface area contributed by atoms with Gasteiger partial charge in [-0.2, -0.15) is 10.5 Å². The van der Waals surface area contributed by atoms with E-state index >= 15 is 0 Å². The van der Waals surface area contributed by atoms with E-state index in [9.17, 15) is 10.5 Å². The first kappa shape index (κ1) is 28.7. The zero-order valence-corrected chi connectivity index (χ0v) is 20.4. The van der Waals surface area contributed by atoms with Gasteiger partial charge in [-0.25, -0.2) is 0 Å². The first-order valence-electron chi connectivity index (χ1n) is 10.3. The predicted octanol–water partition coefficient (Wildman–Crippen LogP) is 2.97. The summed E-state index contributed by atoms with van der Waals surface area (Å²) in [5.41, 5.74) is 0.771. The molecule has 1 rings (SSSR count). The molecule has 0 saturated heterocycles. The quantitative estimate of drug-likeness (QED) is 0.203. The topological polar surface area (TPSA) is 103 Å². The van der Waals surface area contributed by atoms with Gasteiger partial charge in [0.15, 0.2) is 0 Å². The highest BCUT2D eigenvalue weighted by Crippen LogP contribution is 2.33. The van der Waals surface area contributed by atoms with Gasteiger partial charge >= 0.3 is 0 Å². The summed E-state index contributed by atoms with van der Waals surface area (Å²) in [5, 5.41) is 18.7. The molecular formula is C22H32N2O6S2. The monoisotopic (exact) mass is 484 g/mol. The average Bonchev–Trinajstić information content (AvgIpc) is 2.82. The Bertz CT molecular complexity index is 650. The standard InChI is InChI=1S/C22H32N2O6S2/c1-25-3-5-27-7-9-29-11-13-31-21-15-19(17-23)20(18-24)16-22(21)32-14-12-30-10-8-28-6-4-26-2/h15-16H,3-14H2,1-2H3. The lowest BCUT2D eigenvalue weighted by Crippen LogP contribution is -2.09. The first-order valence-corrected chi connectivity index (χ1v) is 12.3. The van der Waals surface area contributed by atoms with Crippen LogP contribution >= 0.6 is 23.5 Å². The van der Waals surface area contributed by atoms with Crippen LogP contribution in [0.15, 0.2) is 21.9 Å². The van der Waals surface area contributed by atoms with Crippen LogP contribution in [0.3, 0.4) is 0 Å². The molecular weight excluding hydrogens is 452 g/mol. The molecule has 0 aromatic heterocycles.